The fraction of sp³-hybridized carbons (Fsp3) is 0.208. The van der Waals surface area contributed by atoms with Gasteiger partial charge in [-0.2, -0.15) is 5.26 Å². The summed E-state index contributed by atoms with van der Waals surface area (Å²) in [6.45, 7) is 0.567. The number of hydrogen-bond donors (Lipinski definition) is 3. The van der Waals surface area contributed by atoms with Crippen LogP contribution in [0, 0.1) is 17.1 Å². The van der Waals surface area contributed by atoms with Crippen LogP contribution < -0.4 is 10.6 Å². The van der Waals surface area contributed by atoms with Crippen molar-refractivity contribution < 1.29 is 14.0 Å². The molecule has 0 bridgehead atoms. The van der Waals surface area contributed by atoms with Gasteiger partial charge in [0.25, 0.3) is 0 Å². The van der Waals surface area contributed by atoms with Gasteiger partial charge in [0.2, 0.25) is 11.8 Å². The molecule has 3 aromatic rings. The lowest BCUT2D eigenvalue weighted by Crippen LogP contribution is -2.40. The van der Waals surface area contributed by atoms with Crippen LogP contribution >= 0.6 is 0 Å². The van der Waals surface area contributed by atoms with Crippen molar-refractivity contribution in [3.8, 4) is 28.6 Å². The number of halogens is 1. The Morgan fingerprint density at radius 2 is 1.97 bits per heavy atom. The number of carbonyl (C=O) groups excluding carboxylic acids is 2. The maximum atomic E-state index is 13.4. The quantitative estimate of drug-likeness (QED) is 0.575. The highest BCUT2D eigenvalue weighted by Gasteiger charge is 2.25. The van der Waals surface area contributed by atoms with Gasteiger partial charge in [-0.05, 0) is 60.4 Å². The van der Waals surface area contributed by atoms with Gasteiger partial charge in [0, 0.05) is 29.9 Å². The maximum Gasteiger partial charge on any atom is 0.242 e. The van der Waals surface area contributed by atoms with Crippen molar-refractivity contribution in [2.45, 2.75) is 25.3 Å². The Labute approximate surface area is 179 Å². The summed E-state index contributed by atoms with van der Waals surface area (Å²) in [5, 5.41) is 14.9. The zero-order valence-electron chi connectivity index (χ0n) is 16.7. The summed E-state index contributed by atoms with van der Waals surface area (Å²) in [5.41, 5.74) is 4.47. The van der Waals surface area contributed by atoms with E-state index in [1.54, 1.807) is 24.3 Å². The summed E-state index contributed by atoms with van der Waals surface area (Å²) < 4.78 is 13.4. The SMILES string of the molecule is N#Cc1ccccc1-c1cc(CCC(=O)NC2CCNC2=O)c(-c2ccc(F)cc2)[nH]1. The van der Waals surface area contributed by atoms with Crippen LogP contribution in [-0.4, -0.2) is 29.4 Å². The number of nitrogens with zero attached hydrogens (tertiary/aromatic N) is 1. The highest BCUT2D eigenvalue weighted by molar-refractivity contribution is 5.89. The summed E-state index contributed by atoms with van der Waals surface area (Å²) in [5.74, 6) is -0.689. The molecule has 0 spiro atoms. The fourth-order valence-corrected chi connectivity index (χ4v) is 3.78. The molecule has 1 aromatic heterocycles. The van der Waals surface area contributed by atoms with Crippen LogP contribution in [0.1, 0.15) is 24.0 Å². The van der Waals surface area contributed by atoms with Gasteiger partial charge in [0.1, 0.15) is 11.9 Å². The van der Waals surface area contributed by atoms with Crippen LogP contribution in [0.15, 0.2) is 54.6 Å². The van der Waals surface area contributed by atoms with Gasteiger partial charge in [0.05, 0.1) is 11.6 Å². The highest BCUT2D eigenvalue weighted by atomic mass is 19.1. The third kappa shape index (κ3) is 4.48. The van der Waals surface area contributed by atoms with Crippen molar-refractivity contribution in [1.82, 2.24) is 15.6 Å². The van der Waals surface area contributed by atoms with Gasteiger partial charge in [-0.1, -0.05) is 18.2 Å². The number of benzene rings is 2. The molecule has 0 saturated carbocycles. The van der Waals surface area contributed by atoms with Gasteiger partial charge >= 0.3 is 0 Å². The first kappa shape index (κ1) is 20.4. The predicted octanol–water partition coefficient (Wildman–Crippen LogP) is 3.30. The number of rotatable bonds is 6. The van der Waals surface area contributed by atoms with Crippen LogP contribution in [0.5, 0.6) is 0 Å². The Balaban J connectivity index is 1.61. The molecule has 1 atom stereocenters. The summed E-state index contributed by atoms with van der Waals surface area (Å²) >= 11 is 0. The second-order valence-electron chi connectivity index (χ2n) is 7.45. The van der Waals surface area contributed by atoms with Gasteiger partial charge < -0.3 is 15.6 Å². The lowest BCUT2D eigenvalue weighted by atomic mass is 10.0. The average Bonchev–Trinajstić information content (AvgIpc) is 3.39. The number of aromatic amines is 1. The molecule has 1 fully saturated rings. The molecule has 2 amide bonds. The van der Waals surface area contributed by atoms with E-state index in [9.17, 15) is 19.2 Å². The molecule has 0 aliphatic carbocycles. The Bertz CT molecular complexity index is 1160. The van der Waals surface area contributed by atoms with Crippen molar-refractivity contribution in [3.63, 3.8) is 0 Å². The normalized spacial score (nSPS) is 15.4. The minimum absolute atomic E-state index is 0.155. The van der Waals surface area contributed by atoms with Gasteiger partial charge in [-0.25, -0.2) is 4.39 Å². The van der Waals surface area contributed by atoms with Crippen molar-refractivity contribution in [2.24, 2.45) is 0 Å². The molecule has 1 aliphatic heterocycles. The van der Waals surface area contributed by atoms with E-state index in [0.29, 0.717) is 24.9 Å². The first-order valence-corrected chi connectivity index (χ1v) is 10.1. The van der Waals surface area contributed by atoms with E-state index in [2.05, 4.69) is 21.7 Å². The third-order valence-corrected chi connectivity index (χ3v) is 5.38. The molecule has 2 heterocycles. The lowest BCUT2D eigenvalue weighted by Gasteiger charge is -2.10. The summed E-state index contributed by atoms with van der Waals surface area (Å²) in [7, 11) is 0. The number of nitrogens with one attached hydrogen (secondary N) is 3. The second kappa shape index (κ2) is 8.84. The fourth-order valence-electron chi connectivity index (χ4n) is 3.78. The number of aryl methyl sites for hydroxylation is 1. The van der Waals surface area contributed by atoms with Crippen LogP contribution in [-0.2, 0) is 16.0 Å². The van der Waals surface area contributed by atoms with Crippen LogP contribution in [0.25, 0.3) is 22.5 Å². The average molecular weight is 416 g/mol. The molecule has 6 nitrogen and oxygen atoms in total. The number of amides is 2. The van der Waals surface area contributed by atoms with Gasteiger partial charge in [-0.3, -0.25) is 9.59 Å². The molecule has 156 valence electrons. The summed E-state index contributed by atoms with van der Waals surface area (Å²) in [6, 6.07) is 17.0. The maximum absolute atomic E-state index is 13.4. The Hall–Kier alpha value is -3.92. The molecule has 1 unspecified atom stereocenters. The molecule has 1 aliphatic rings. The number of aromatic nitrogens is 1. The first-order chi connectivity index (χ1) is 15.0. The van der Waals surface area contributed by atoms with Crippen LogP contribution in [0.3, 0.4) is 0 Å². The van der Waals surface area contributed by atoms with Crippen molar-refractivity contribution in [1.29, 1.82) is 5.26 Å². The number of carbonyl (C=O) groups is 2. The Morgan fingerprint density at radius 3 is 2.68 bits per heavy atom. The first-order valence-electron chi connectivity index (χ1n) is 10.1. The summed E-state index contributed by atoms with van der Waals surface area (Å²) in [4.78, 5) is 27.4. The monoisotopic (exact) mass is 416 g/mol. The molecule has 2 aromatic carbocycles. The minimum Gasteiger partial charge on any atom is -0.354 e. The Kier molecular flexibility index (Phi) is 5.80. The third-order valence-electron chi connectivity index (χ3n) is 5.38. The molecule has 1 saturated heterocycles. The summed E-state index contributed by atoms with van der Waals surface area (Å²) in [6.07, 6.45) is 1.22. The minimum atomic E-state index is -0.478. The van der Waals surface area contributed by atoms with Crippen LogP contribution in [0.4, 0.5) is 4.39 Å². The lowest BCUT2D eigenvalue weighted by molar-refractivity contribution is -0.127. The second-order valence-corrected chi connectivity index (χ2v) is 7.45. The highest BCUT2D eigenvalue weighted by Crippen LogP contribution is 2.31. The van der Waals surface area contributed by atoms with Crippen molar-refractivity contribution >= 4 is 11.8 Å². The largest absolute Gasteiger partial charge is 0.354 e. The molecule has 3 N–H and O–H groups in total. The Morgan fingerprint density at radius 1 is 1.19 bits per heavy atom. The zero-order valence-corrected chi connectivity index (χ0v) is 16.7. The topological polar surface area (TPSA) is 97.8 Å². The van der Waals surface area contributed by atoms with Crippen molar-refractivity contribution in [2.75, 3.05) is 6.54 Å². The van der Waals surface area contributed by atoms with E-state index in [0.717, 1.165) is 28.1 Å². The molecular formula is C24H21FN4O2. The zero-order chi connectivity index (χ0) is 21.8. The number of H-pyrrole nitrogens is 1. The van der Waals surface area contributed by atoms with Crippen LogP contribution in [0.2, 0.25) is 0 Å². The van der Waals surface area contributed by atoms with E-state index in [1.165, 1.54) is 12.1 Å². The molecule has 4 rings (SSSR count). The van der Waals surface area contributed by atoms with E-state index in [4.69, 9.17) is 0 Å². The van der Waals surface area contributed by atoms with E-state index >= 15 is 0 Å². The molecule has 7 heteroatoms. The number of nitriles is 1. The van der Waals surface area contributed by atoms with E-state index in [-0.39, 0.29) is 24.1 Å². The molecule has 31 heavy (non-hydrogen) atoms. The van der Waals surface area contributed by atoms with Gasteiger partial charge in [0.15, 0.2) is 0 Å². The van der Waals surface area contributed by atoms with E-state index < -0.39 is 6.04 Å². The predicted molar refractivity (Wildman–Crippen MR) is 114 cm³/mol. The molecule has 0 radical (unpaired) electrons. The van der Waals surface area contributed by atoms with E-state index in [1.807, 2.05) is 18.2 Å². The standard InChI is InChI=1S/C24H21FN4O2/c25-18-8-5-15(6-9-18)23-16(7-10-22(30)28-20-11-12-27-24(20)31)13-21(29-23)19-4-2-1-3-17(19)14-26/h1-6,8-9,13,20,29H,7,10-12H2,(H,27,31)(H,28,30). The smallest absolute Gasteiger partial charge is 0.242 e. The van der Waals surface area contributed by atoms with Crippen molar-refractivity contribution in [3.05, 3.63) is 71.5 Å². The number of hydrogen-bond acceptors (Lipinski definition) is 3. The van der Waals surface area contributed by atoms with Gasteiger partial charge in [-0.15, -0.1) is 0 Å². The molecular weight excluding hydrogens is 395 g/mol.